The van der Waals surface area contributed by atoms with Crippen molar-refractivity contribution in [1.82, 2.24) is 0 Å². The van der Waals surface area contributed by atoms with Crippen LogP contribution in [0.3, 0.4) is 0 Å². The predicted molar refractivity (Wildman–Crippen MR) is 70.7 cm³/mol. The molecule has 1 aromatic heterocycles. The van der Waals surface area contributed by atoms with Crippen LogP contribution in [-0.4, -0.2) is 7.11 Å². The van der Waals surface area contributed by atoms with E-state index in [0.717, 1.165) is 11.3 Å². The molecule has 1 aromatic carbocycles. The minimum atomic E-state index is 0.529. The number of halogens is 2. The number of alkyl halides is 1. The Morgan fingerprint density at radius 1 is 1.50 bits per heavy atom. The summed E-state index contributed by atoms with van der Waals surface area (Å²) in [6.45, 7) is 0. The highest BCUT2D eigenvalue weighted by atomic mass is 127. The van der Waals surface area contributed by atoms with Crippen LogP contribution in [0.5, 0.6) is 5.75 Å². The lowest BCUT2D eigenvalue weighted by Crippen LogP contribution is -1.86. The Balaban J connectivity index is 2.76. The van der Waals surface area contributed by atoms with Crippen LogP contribution < -0.4 is 4.74 Å². The first-order valence-electron chi connectivity index (χ1n) is 4.06. The number of methoxy groups -OCH3 is 1. The zero-order chi connectivity index (χ0) is 10.1. The zero-order valence-corrected chi connectivity index (χ0v) is 11.2. The second-order valence-electron chi connectivity index (χ2n) is 2.89. The van der Waals surface area contributed by atoms with E-state index in [0.29, 0.717) is 5.88 Å². The summed E-state index contributed by atoms with van der Waals surface area (Å²) >= 11 is 9.86. The van der Waals surface area contributed by atoms with Gasteiger partial charge in [0.25, 0.3) is 0 Å². The fourth-order valence-electron chi connectivity index (χ4n) is 1.38. The third kappa shape index (κ3) is 1.73. The van der Waals surface area contributed by atoms with Gasteiger partial charge in [-0.15, -0.1) is 22.9 Å². The molecular weight excluding hydrogens is 331 g/mol. The molecule has 0 bridgehead atoms. The molecule has 0 fully saturated rings. The molecule has 0 aliphatic carbocycles. The maximum Gasteiger partial charge on any atom is 0.128 e. The summed E-state index contributed by atoms with van der Waals surface area (Å²) in [5, 5.41) is 3.33. The van der Waals surface area contributed by atoms with E-state index in [1.165, 1.54) is 13.7 Å². The average molecular weight is 339 g/mol. The first-order chi connectivity index (χ1) is 6.76. The number of benzene rings is 1. The van der Waals surface area contributed by atoms with E-state index < -0.39 is 0 Å². The van der Waals surface area contributed by atoms with Gasteiger partial charge in [-0.3, -0.25) is 0 Å². The van der Waals surface area contributed by atoms with E-state index >= 15 is 0 Å². The van der Waals surface area contributed by atoms with Crippen LogP contribution >= 0.6 is 45.5 Å². The van der Waals surface area contributed by atoms with E-state index in [1.54, 1.807) is 18.4 Å². The van der Waals surface area contributed by atoms with E-state index in [2.05, 4.69) is 34.0 Å². The van der Waals surface area contributed by atoms with Crippen molar-refractivity contribution < 1.29 is 4.74 Å². The standard InChI is InChI=1S/C10H8ClIOS/c1-13-8-2-6(4-11)3-9-10(8)7(12)5-14-9/h2-3,5H,4H2,1H3. The van der Waals surface area contributed by atoms with E-state index in [-0.39, 0.29) is 0 Å². The number of thiophene rings is 1. The molecule has 74 valence electrons. The Labute approximate surface area is 105 Å². The molecule has 0 spiro atoms. The summed E-state index contributed by atoms with van der Waals surface area (Å²) in [4.78, 5) is 0. The molecule has 0 amide bonds. The monoisotopic (exact) mass is 338 g/mol. The molecule has 2 rings (SSSR count). The quantitative estimate of drug-likeness (QED) is 0.587. The summed E-state index contributed by atoms with van der Waals surface area (Å²) in [6.07, 6.45) is 0. The van der Waals surface area contributed by atoms with Gasteiger partial charge in [-0.25, -0.2) is 0 Å². The minimum absolute atomic E-state index is 0.529. The molecule has 1 nitrogen and oxygen atoms in total. The molecule has 0 unspecified atom stereocenters. The molecule has 0 atom stereocenters. The molecule has 0 aliphatic heterocycles. The van der Waals surface area contributed by atoms with Crippen molar-refractivity contribution in [1.29, 1.82) is 0 Å². The van der Waals surface area contributed by atoms with Crippen molar-refractivity contribution in [2.45, 2.75) is 5.88 Å². The second kappa shape index (κ2) is 4.24. The summed E-state index contributed by atoms with van der Waals surface area (Å²) in [6, 6.07) is 4.13. The topological polar surface area (TPSA) is 9.23 Å². The van der Waals surface area contributed by atoms with Gasteiger partial charge in [0.1, 0.15) is 5.75 Å². The van der Waals surface area contributed by atoms with Gasteiger partial charge in [-0.2, -0.15) is 0 Å². The van der Waals surface area contributed by atoms with Crippen LogP contribution in [0.4, 0.5) is 0 Å². The van der Waals surface area contributed by atoms with Crippen molar-refractivity contribution in [2.75, 3.05) is 7.11 Å². The SMILES string of the molecule is COc1cc(CCl)cc2scc(I)c12. The second-order valence-corrected chi connectivity index (χ2v) is 5.23. The molecule has 2 aromatic rings. The Hall–Kier alpha value is -0.000000000000000111. The minimum Gasteiger partial charge on any atom is -0.496 e. The van der Waals surface area contributed by atoms with Crippen molar-refractivity contribution in [3.63, 3.8) is 0 Å². The largest absolute Gasteiger partial charge is 0.496 e. The zero-order valence-electron chi connectivity index (χ0n) is 7.51. The van der Waals surface area contributed by atoms with Crippen LogP contribution in [0.2, 0.25) is 0 Å². The smallest absolute Gasteiger partial charge is 0.128 e. The normalized spacial score (nSPS) is 10.8. The van der Waals surface area contributed by atoms with E-state index in [4.69, 9.17) is 16.3 Å². The third-order valence-electron chi connectivity index (χ3n) is 2.03. The maximum absolute atomic E-state index is 5.81. The average Bonchev–Trinajstić information content (AvgIpc) is 2.59. The summed E-state index contributed by atoms with van der Waals surface area (Å²) in [7, 11) is 1.69. The van der Waals surface area contributed by atoms with E-state index in [1.807, 2.05) is 6.07 Å². The van der Waals surface area contributed by atoms with E-state index in [9.17, 15) is 0 Å². The predicted octanol–water partition coefficient (Wildman–Crippen LogP) is 4.25. The van der Waals surface area contributed by atoms with Crippen molar-refractivity contribution in [2.24, 2.45) is 0 Å². The lowest BCUT2D eigenvalue weighted by atomic mass is 10.2. The molecule has 0 aliphatic rings. The van der Waals surface area contributed by atoms with Gasteiger partial charge in [0.05, 0.1) is 7.11 Å². The van der Waals surface area contributed by atoms with Crippen molar-refractivity contribution in [3.05, 3.63) is 26.6 Å². The lowest BCUT2D eigenvalue weighted by Gasteiger charge is -2.04. The van der Waals surface area contributed by atoms with Crippen molar-refractivity contribution in [3.8, 4) is 5.75 Å². The van der Waals surface area contributed by atoms with Crippen LogP contribution in [0.25, 0.3) is 10.1 Å². The Kier molecular flexibility index (Phi) is 3.19. The highest BCUT2D eigenvalue weighted by Gasteiger charge is 2.09. The molecule has 4 heteroatoms. The van der Waals surface area contributed by atoms with Crippen molar-refractivity contribution >= 4 is 55.6 Å². The van der Waals surface area contributed by atoms with Gasteiger partial charge in [-0.05, 0) is 40.3 Å². The lowest BCUT2D eigenvalue weighted by molar-refractivity contribution is 0.419. The summed E-state index contributed by atoms with van der Waals surface area (Å²) in [5.41, 5.74) is 1.11. The Bertz CT molecular complexity index is 466. The maximum atomic E-state index is 5.81. The Morgan fingerprint density at radius 3 is 2.93 bits per heavy atom. The summed E-state index contributed by atoms with van der Waals surface area (Å²) in [5.74, 6) is 1.45. The number of fused-ring (bicyclic) bond motifs is 1. The fraction of sp³-hybridized carbons (Fsp3) is 0.200. The highest BCUT2D eigenvalue weighted by molar-refractivity contribution is 14.1. The van der Waals surface area contributed by atoms with Gasteiger partial charge in [0, 0.05) is 24.9 Å². The van der Waals surface area contributed by atoms with Crippen LogP contribution in [0.15, 0.2) is 17.5 Å². The molecule has 0 radical (unpaired) electrons. The van der Waals surface area contributed by atoms with Gasteiger partial charge in [0.2, 0.25) is 0 Å². The number of hydrogen-bond acceptors (Lipinski definition) is 2. The molecule has 0 saturated heterocycles. The van der Waals surface area contributed by atoms with Gasteiger partial charge < -0.3 is 4.74 Å². The number of rotatable bonds is 2. The molecule has 14 heavy (non-hydrogen) atoms. The number of hydrogen-bond donors (Lipinski definition) is 0. The third-order valence-corrected chi connectivity index (χ3v) is 4.54. The first-order valence-corrected chi connectivity index (χ1v) is 6.55. The van der Waals surface area contributed by atoms with Crippen LogP contribution in [0.1, 0.15) is 5.56 Å². The summed E-state index contributed by atoms with van der Waals surface area (Å²) < 4.78 is 7.83. The molecule has 0 saturated carbocycles. The Morgan fingerprint density at radius 2 is 2.29 bits per heavy atom. The first kappa shape index (κ1) is 10.5. The van der Waals surface area contributed by atoms with Crippen LogP contribution in [-0.2, 0) is 5.88 Å². The molecule has 1 heterocycles. The van der Waals surface area contributed by atoms with Gasteiger partial charge in [0.15, 0.2) is 0 Å². The molecule has 0 N–H and O–H groups in total. The fourth-order valence-corrected chi connectivity index (χ4v) is 3.56. The van der Waals surface area contributed by atoms with Crippen LogP contribution in [0, 0.1) is 3.57 Å². The van der Waals surface area contributed by atoms with Gasteiger partial charge >= 0.3 is 0 Å². The molecular formula is C10H8ClIOS. The number of ether oxygens (including phenoxy) is 1. The highest BCUT2D eigenvalue weighted by Crippen LogP contribution is 2.36. The van der Waals surface area contributed by atoms with Gasteiger partial charge in [-0.1, -0.05) is 0 Å².